The number of rotatable bonds is 3. The molecule has 0 unspecified atom stereocenters. The van der Waals surface area contributed by atoms with Gasteiger partial charge in [0.1, 0.15) is 5.82 Å². The minimum Gasteiger partial charge on any atom is -0.339 e. The van der Waals surface area contributed by atoms with E-state index in [0.29, 0.717) is 29.3 Å². The van der Waals surface area contributed by atoms with Crippen molar-refractivity contribution in [2.45, 2.75) is 57.7 Å². The molecule has 158 valence electrons. The topological polar surface area (TPSA) is 65.1 Å². The van der Waals surface area contributed by atoms with Crippen LogP contribution in [0.4, 0.5) is 10.3 Å². The maximum absolute atomic E-state index is 14.2. The van der Waals surface area contributed by atoms with Crippen LogP contribution in [-0.2, 0) is 20.1 Å². The van der Waals surface area contributed by atoms with Crippen LogP contribution in [0, 0.1) is 5.82 Å². The van der Waals surface area contributed by atoms with Crippen LogP contribution in [-0.4, -0.2) is 31.3 Å². The zero-order chi connectivity index (χ0) is 20.8. The van der Waals surface area contributed by atoms with Crippen molar-refractivity contribution in [1.29, 1.82) is 0 Å². The summed E-state index contributed by atoms with van der Waals surface area (Å²) in [6.07, 6.45) is 6.92. The van der Waals surface area contributed by atoms with Crippen LogP contribution < -0.4 is 16.1 Å². The number of benzene rings is 1. The quantitative estimate of drug-likeness (QED) is 0.665. The average Bonchev–Trinajstić information content (AvgIpc) is 3.17. The molecular formula is C22H26FN5O2. The molecule has 5 rings (SSSR count). The molecule has 3 heterocycles. The van der Waals surface area contributed by atoms with Crippen molar-refractivity contribution in [2.24, 2.45) is 7.05 Å². The predicted molar refractivity (Wildman–Crippen MR) is 114 cm³/mol. The lowest BCUT2D eigenvalue weighted by molar-refractivity contribution is 0.391. The molecule has 8 heteroatoms. The predicted octanol–water partition coefficient (Wildman–Crippen LogP) is 2.63. The minimum absolute atomic E-state index is 0.0963. The van der Waals surface area contributed by atoms with E-state index in [4.69, 9.17) is 4.98 Å². The molecule has 0 radical (unpaired) electrons. The van der Waals surface area contributed by atoms with Gasteiger partial charge >= 0.3 is 5.69 Å². The Bertz CT molecular complexity index is 1220. The number of imidazole rings is 1. The van der Waals surface area contributed by atoms with Gasteiger partial charge in [-0.3, -0.25) is 13.9 Å². The Morgan fingerprint density at radius 3 is 2.60 bits per heavy atom. The monoisotopic (exact) mass is 411 g/mol. The highest BCUT2D eigenvalue weighted by Crippen LogP contribution is 2.31. The van der Waals surface area contributed by atoms with E-state index in [2.05, 4.69) is 4.90 Å². The highest BCUT2D eigenvalue weighted by Gasteiger charge is 2.30. The maximum atomic E-state index is 14.2. The zero-order valence-electron chi connectivity index (χ0n) is 17.2. The molecule has 0 spiro atoms. The summed E-state index contributed by atoms with van der Waals surface area (Å²) in [5.74, 6) is 0.365. The van der Waals surface area contributed by atoms with Crippen LogP contribution in [0.1, 0.15) is 44.1 Å². The number of aromatic nitrogens is 4. The van der Waals surface area contributed by atoms with E-state index in [-0.39, 0.29) is 6.54 Å². The molecule has 0 saturated heterocycles. The van der Waals surface area contributed by atoms with E-state index in [1.807, 2.05) is 4.57 Å². The fourth-order valence-electron chi connectivity index (χ4n) is 4.97. The summed E-state index contributed by atoms with van der Waals surface area (Å²) >= 11 is 0. The minimum atomic E-state index is -0.476. The van der Waals surface area contributed by atoms with Crippen LogP contribution in [0.3, 0.4) is 0 Å². The van der Waals surface area contributed by atoms with Gasteiger partial charge < -0.3 is 9.47 Å². The number of anilines is 1. The third kappa shape index (κ3) is 2.97. The highest BCUT2D eigenvalue weighted by molar-refractivity contribution is 5.75. The van der Waals surface area contributed by atoms with Crippen molar-refractivity contribution in [2.75, 3.05) is 11.4 Å². The number of hydrogen-bond donors (Lipinski definition) is 0. The molecule has 0 amide bonds. The summed E-state index contributed by atoms with van der Waals surface area (Å²) in [5.41, 5.74) is 0.283. The molecule has 2 aromatic heterocycles. The average molecular weight is 411 g/mol. The van der Waals surface area contributed by atoms with Gasteiger partial charge in [-0.2, -0.15) is 4.98 Å². The van der Waals surface area contributed by atoms with Gasteiger partial charge in [-0.1, -0.05) is 37.5 Å². The molecule has 1 aliphatic carbocycles. The number of hydrogen-bond acceptors (Lipinski definition) is 4. The SMILES string of the molecule is Cn1c(=O)n(Cc2ccccc2F)c(=O)c2c1nc1n2CCCN1C1CCCCC1. The number of aryl methyl sites for hydroxylation is 2. The Labute approximate surface area is 173 Å². The molecule has 3 aromatic rings. The first-order chi connectivity index (χ1) is 14.6. The summed E-state index contributed by atoms with van der Waals surface area (Å²) in [4.78, 5) is 33.4. The van der Waals surface area contributed by atoms with Crippen molar-refractivity contribution in [3.05, 3.63) is 56.5 Å². The highest BCUT2D eigenvalue weighted by atomic mass is 19.1. The summed E-state index contributed by atoms with van der Waals surface area (Å²) in [7, 11) is 1.63. The van der Waals surface area contributed by atoms with E-state index < -0.39 is 17.1 Å². The van der Waals surface area contributed by atoms with Crippen molar-refractivity contribution in [3.63, 3.8) is 0 Å². The molecular weight excluding hydrogens is 385 g/mol. The second-order valence-corrected chi connectivity index (χ2v) is 8.40. The summed E-state index contributed by atoms with van der Waals surface area (Å²) < 4.78 is 18.7. The Hall–Kier alpha value is -2.90. The summed E-state index contributed by atoms with van der Waals surface area (Å²) in [6.45, 7) is 1.52. The van der Waals surface area contributed by atoms with Gasteiger partial charge in [0.15, 0.2) is 11.2 Å². The van der Waals surface area contributed by atoms with Gasteiger partial charge in [-0.05, 0) is 25.3 Å². The van der Waals surface area contributed by atoms with Crippen LogP contribution in [0.25, 0.3) is 11.2 Å². The van der Waals surface area contributed by atoms with Gasteiger partial charge in [-0.25, -0.2) is 9.18 Å². The van der Waals surface area contributed by atoms with Crippen molar-refractivity contribution < 1.29 is 4.39 Å². The molecule has 0 atom stereocenters. The van der Waals surface area contributed by atoms with Gasteiger partial charge in [0.2, 0.25) is 5.95 Å². The third-order valence-electron chi connectivity index (χ3n) is 6.55. The lowest BCUT2D eigenvalue weighted by Gasteiger charge is -2.37. The van der Waals surface area contributed by atoms with E-state index in [0.717, 1.165) is 36.3 Å². The Morgan fingerprint density at radius 2 is 1.83 bits per heavy atom. The fourth-order valence-corrected chi connectivity index (χ4v) is 4.97. The normalized spacial score (nSPS) is 17.5. The largest absolute Gasteiger partial charge is 0.339 e. The molecule has 30 heavy (non-hydrogen) atoms. The molecule has 1 saturated carbocycles. The van der Waals surface area contributed by atoms with Gasteiger partial charge in [0.05, 0.1) is 6.54 Å². The first-order valence-corrected chi connectivity index (χ1v) is 10.8. The van der Waals surface area contributed by atoms with Crippen molar-refractivity contribution in [3.8, 4) is 0 Å². The second kappa shape index (κ2) is 7.41. The molecule has 1 fully saturated rings. The molecule has 7 nitrogen and oxygen atoms in total. The molecule has 2 aliphatic rings. The van der Waals surface area contributed by atoms with E-state index in [9.17, 15) is 14.0 Å². The number of fused-ring (bicyclic) bond motifs is 3. The zero-order valence-corrected chi connectivity index (χ0v) is 17.2. The smallest absolute Gasteiger partial charge is 0.332 e. The lowest BCUT2D eigenvalue weighted by Crippen LogP contribution is -2.43. The summed E-state index contributed by atoms with van der Waals surface area (Å²) in [5, 5.41) is 0. The van der Waals surface area contributed by atoms with Crippen LogP contribution in [0.5, 0.6) is 0 Å². The van der Waals surface area contributed by atoms with Crippen molar-refractivity contribution >= 4 is 17.1 Å². The molecule has 0 N–H and O–H groups in total. The number of nitrogens with zero attached hydrogens (tertiary/aromatic N) is 5. The fraction of sp³-hybridized carbons (Fsp3) is 0.500. The van der Waals surface area contributed by atoms with E-state index >= 15 is 0 Å². The second-order valence-electron chi connectivity index (χ2n) is 8.40. The van der Waals surface area contributed by atoms with E-state index in [1.165, 1.54) is 29.9 Å². The lowest BCUT2D eigenvalue weighted by atomic mass is 9.94. The van der Waals surface area contributed by atoms with Gasteiger partial charge in [0, 0.05) is 31.7 Å². The summed E-state index contributed by atoms with van der Waals surface area (Å²) in [6, 6.07) is 6.67. The molecule has 0 bridgehead atoms. The number of halogens is 1. The van der Waals surface area contributed by atoms with Crippen LogP contribution in [0.2, 0.25) is 0 Å². The first-order valence-electron chi connectivity index (χ1n) is 10.8. The van der Waals surface area contributed by atoms with Crippen LogP contribution >= 0.6 is 0 Å². The van der Waals surface area contributed by atoms with Gasteiger partial charge in [-0.15, -0.1) is 0 Å². The first kappa shape index (κ1) is 19.1. The van der Waals surface area contributed by atoms with Crippen molar-refractivity contribution in [1.82, 2.24) is 18.7 Å². The third-order valence-corrected chi connectivity index (χ3v) is 6.55. The molecule has 1 aromatic carbocycles. The van der Waals surface area contributed by atoms with Gasteiger partial charge in [0.25, 0.3) is 5.56 Å². The maximum Gasteiger partial charge on any atom is 0.332 e. The van der Waals surface area contributed by atoms with E-state index in [1.54, 1.807) is 25.2 Å². The Morgan fingerprint density at radius 1 is 1.07 bits per heavy atom. The molecule has 1 aliphatic heterocycles. The standard InChI is InChI=1S/C22H26FN5O2/c1-25-19-18(20(29)28(22(25)30)14-15-8-5-6-11-17(15)23)27-13-7-12-26(21(27)24-19)16-9-3-2-4-10-16/h5-6,8,11,16H,2-4,7,9-10,12-14H2,1H3. The Balaban J connectivity index is 1.66. The Kier molecular flexibility index (Phi) is 4.72. The van der Waals surface area contributed by atoms with Crippen LogP contribution in [0.15, 0.2) is 33.9 Å².